The van der Waals surface area contributed by atoms with Crippen molar-refractivity contribution in [2.24, 2.45) is 4.99 Å². The Morgan fingerprint density at radius 3 is 2.83 bits per heavy atom. The number of hydrogen-bond donors (Lipinski definition) is 3. The number of nitrogens with one attached hydrogen (secondary N) is 3. The molecule has 3 aliphatic heterocycles. The SMILES string of the molecule is CC(=O)N(C)c1ccc(NC23N=CC(C)=C(NO2)N3c2ccc3c(c2)NCO3)cc1. The highest BCUT2D eigenvalue weighted by molar-refractivity contribution is 5.91. The van der Waals surface area contributed by atoms with Gasteiger partial charge >= 0.3 is 5.97 Å². The van der Waals surface area contributed by atoms with E-state index in [1.807, 2.05) is 54.3 Å². The first-order valence-electron chi connectivity index (χ1n) is 9.60. The van der Waals surface area contributed by atoms with Crippen molar-refractivity contribution >= 4 is 34.9 Å². The number of allylic oxidation sites excluding steroid dienone is 1. The van der Waals surface area contributed by atoms with Crippen LogP contribution in [0.4, 0.5) is 22.7 Å². The van der Waals surface area contributed by atoms with Crippen molar-refractivity contribution in [2.75, 3.05) is 34.2 Å². The van der Waals surface area contributed by atoms with E-state index in [1.54, 1.807) is 18.2 Å². The van der Waals surface area contributed by atoms with Gasteiger partial charge in [0, 0.05) is 37.1 Å². The molecule has 0 spiro atoms. The Kier molecular flexibility index (Phi) is 4.07. The van der Waals surface area contributed by atoms with Gasteiger partial charge in [-0.05, 0) is 49.4 Å². The van der Waals surface area contributed by atoms with E-state index in [0.717, 1.165) is 39.9 Å². The van der Waals surface area contributed by atoms with Crippen LogP contribution >= 0.6 is 0 Å². The number of ether oxygens (including phenoxy) is 1. The molecular formula is C21H22N6O3. The first-order valence-corrected chi connectivity index (χ1v) is 9.60. The number of carbonyl (C=O) groups is 1. The fourth-order valence-corrected chi connectivity index (χ4v) is 3.62. The number of nitrogens with zero attached hydrogens (tertiary/aromatic N) is 3. The monoisotopic (exact) mass is 406 g/mol. The Morgan fingerprint density at radius 2 is 2.07 bits per heavy atom. The van der Waals surface area contributed by atoms with Crippen molar-refractivity contribution in [3.05, 3.63) is 53.9 Å². The van der Waals surface area contributed by atoms with Gasteiger partial charge in [-0.15, -0.1) is 0 Å². The van der Waals surface area contributed by atoms with Crippen LogP contribution < -0.4 is 30.7 Å². The summed E-state index contributed by atoms with van der Waals surface area (Å²) in [6.07, 6.45) is 1.78. The molecule has 1 atom stereocenters. The zero-order valence-electron chi connectivity index (χ0n) is 16.9. The zero-order valence-corrected chi connectivity index (χ0v) is 16.9. The summed E-state index contributed by atoms with van der Waals surface area (Å²) >= 11 is 0. The Morgan fingerprint density at radius 1 is 1.27 bits per heavy atom. The van der Waals surface area contributed by atoms with Crippen molar-refractivity contribution in [2.45, 2.75) is 19.8 Å². The van der Waals surface area contributed by atoms with Crippen LogP contribution in [0.2, 0.25) is 0 Å². The summed E-state index contributed by atoms with van der Waals surface area (Å²) in [4.78, 5) is 25.8. The molecule has 154 valence electrons. The van der Waals surface area contributed by atoms with E-state index >= 15 is 0 Å². The first-order chi connectivity index (χ1) is 14.5. The summed E-state index contributed by atoms with van der Waals surface area (Å²) in [7, 11) is 1.74. The maximum Gasteiger partial charge on any atom is 0.351 e. The largest absolute Gasteiger partial charge is 0.471 e. The number of aliphatic imine (C=N–C) groups is 1. The third-order valence-corrected chi connectivity index (χ3v) is 5.37. The average molecular weight is 406 g/mol. The van der Waals surface area contributed by atoms with Crippen molar-refractivity contribution < 1.29 is 14.4 Å². The number of rotatable bonds is 4. The van der Waals surface area contributed by atoms with Crippen molar-refractivity contribution in [3.8, 4) is 5.75 Å². The second-order valence-corrected chi connectivity index (χ2v) is 7.33. The number of benzene rings is 2. The molecule has 30 heavy (non-hydrogen) atoms. The van der Waals surface area contributed by atoms with Crippen molar-refractivity contribution in [1.29, 1.82) is 0 Å². The normalized spacial score (nSPS) is 21.0. The van der Waals surface area contributed by atoms with E-state index in [0.29, 0.717) is 6.73 Å². The van der Waals surface area contributed by atoms with Gasteiger partial charge in [-0.1, -0.05) is 0 Å². The molecule has 0 saturated carbocycles. The van der Waals surface area contributed by atoms with E-state index in [-0.39, 0.29) is 5.91 Å². The third-order valence-electron chi connectivity index (χ3n) is 5.37. The summed E-state index contributed by atoms with van der Waals surface area (Å²) in [6, 6.07) is 13.4. The fourth-order valence-electron chi connectivity index (χ4n) is 3.62. The lowest BCUT2D eigenvalue weighted by atomic mass is 10.2. The van der Waals surface area contributed by atoms with Crippen LogP contribution in [0, 0.1) is 0 Å². The van der Waals surface area contributed by atoms with E-state index in [1.165, 1.54) is 6.92 Å². The van der Waals surface area contributed by atoms with Crippen molar-refractivity contribution in [1.82, 2.24) is 5.48 Å². The minimum atomic E-state index is -1.18. The van der Waals surface area contributed by atoms with Crippen LogP contribution in [0.1, 0.15) is 13.8 Å². The molecule has 3 aliphatic rings. The van der Waals surface area contributed by atoms with Gasteiger partial charge in [0.25, 0.3) is 0 Å². The molecule has 3 N–H and O–H groups in total. The second-order valence-electron chi connectivity index (χ2n) is 7.33. The van der Waals surface area contributed by atoms with Gasteiger partial charge in [0.05, 0.1) is 11.4 Å². The quantitative estimate of drug-likeness (QED) is 0.719. The summed E-state index contributed by atoms with van der Waals surface area (Å²) < 4.78 is 5.54. The molecule has 1 saturated heterocycles. The minimum Gasteiger partial charge on any atom is -0.471 e. The number of amides is 1. The summed E-state index contributed by atoms with van der Waals surface area (Å²) in [6.45, 7) is 3.96. The lowest BCUT2D eigenvalue weighted by Crippen LogP contribution is -2.51. The number of hydroxylamine groups is 1. The maximum atomic E-state index is 11.6. The molecule has 9 nitrogen and oxygen atoms in total. The maximum absolute atomic E-state index is 11.6. The average Bonchev–Trinajstić information content (AvgIpc) is 3.32. The van der Waals surface area contributed by atoms with Gasteiger partial charge in [0.2, 0.25) is 5.91 Å². The predicted octanol–water partition coefficient (Wildman–Crippen LogP) is 2.81. The van der Waals surface area contributed by atoms with E-state index in [9.17, 15) is 4.79 Å². The molecule has 2 aromatic rings. The van der Waals surface area contributed by atoms with Crippen LogP contribution in [0.25, 0.3) is 0 Å². The number of hydrogen-bond acceptors (Lipinski definition) is 8. The molecule has 9 heteroatoms. The standard InChI is InChI=1S/C21H22N6O3/c1-13-11-23-21(24-15-4-6-16(7-5-15)26(3)14(2)28)27(20(13)25-30-21)17-8-9-19-18(10-17)22-12-29-19/h4-11,22,24-25H,12H2,1-3H3. The molecule has 3 heterocycles. The van der Waals surface area contributed by atoms with Crippen LogP contribution in [-0.2, 0) is 9.63 Å². The van der Waals surface area contributed by atoms with Gasteiger partial charge in [0.15, 0.2) is 6.73 Å². The Bertz CT molecular complexity index is 1080. The van der Waals surface area contributed by atoms with Crippen molar-refractivity contribution in [3.63, 3.8) is 0 Å². The Hall–Kier alpha value is -3.72. The molecule has 1 unspecified atom stereocenters. The second kappa shape index (κ2) is 6.67. The third kappa shape index (κ3) is 2.82. The molecule has 2 bridgehead atoms. The van der Waals surface area contributed by atoms with Gasteiger partial charge in [-0.2, -0.15) is 0 Å². The lowest BCUT2D eigenvalue weighted by molar-refractivity contribution is -0.116. The summed E-state index contributed by atoms with van der Waals surface area (Å²) in [5.41, 5.74) is 7.37. The molecule has 5 rings (SSSR count). The van der Waals surface area contributed by atoms with Gasteiger partial charge in [0.1, 0.15) is 11.6 Å². The topological polar surface area (TPSA) is 90.5 Å². The summed E-state index contributed by atoms with van der Waals surface area (Å²) in [5, 5.41) is 6.58. The van der Waals surface area contributed by atoms with Gasteiger partial charge in [-0.3, -0.25) is 9.69 Å². The van der Waals surface area contributed by atoms with Gasteiger partial charge in [-0.25, -0.2) is 15.3 Å². The fraction of sp³-hybridized carbons (Fsp3) is 0.238. The minimum absolute atomic E-state index is 0.0277. The van der Waals surface area contributed by atoms with E-state index < -0.39 is 5.97 Å². The number of fused-ring (bicyclic) bond motifs is 3. The number of carbonyl (C=O) groups excluding carboxylic acids is 1. The van der Waals surface area contributed by atoms with E-state index in [4.69, 9.17) is 9.57 Å². The van der Waals surface area contributed by atoms with E-state index in [2.05, 4.69) is 21.1 Å². The smallest absolute Gasteiger partial charge is 0.351 e. The number of anilines is 4. The molecular weight excluding hydrogens is 384 g/mol. The summed E-state index contributed by atoms with van der Waals surface area (Å²) in [5.74, 6) is 0.416. The molecule has 0 radical (unpaired) electrons. The molecule has 0 aromatic heterocycles. The highest BCUT2D eigenvalue weighted by atomic mass is 16.7. The molecule has 2 aromatic carbocycles. The predicted molar refractivity (Wildman–Crippen MR) is 115 cm³/mol. The molecule has 1 amide bonds. The highest BCUT2D eigenvalue weighted by Gasteiger charge is 2.49. The lowest BCUT2D eigenvalue weighted by Gasteiger charge is -2.36. The first kappa shape index (κ1) is 18.3. The van der Waals surface area contributed by atoms with Crippen LogP contribution in [-0.4, -0.2) is 31.9 Å². The highest BCUT2D eigenvalue weighted by Crippen LogP contribution is 2.42. The zero-order chi connectivity index (χ0) is 20.9. The Labute approximate surface area is 173 Å². The van der Waals surface area contributed by atoms with Crippen LogP contribution in [0.15, 0.2) is 58.9 Å². The van der Waals surface area contributed by atoms with Crippen LogP contribution in [0.3, 0.4) is 0 Å². The van der Waals surface area contributed by atoms with Crippen LogP contribution in [0.5, 0.6) is 5.75 Å². The molecule has 0 aliphatic carbocycles. The molecule has 1 fully saturated rings. The Balaban J connectivity index is 1.48. The van der Waals surface area contributed by atoms with Gasteiger partial charge < -0.3 is 20.3 Å².